The summed E-state index contributed by atoms with van der Waals surface area (Å²) in [5.41, 5.74) is 0. The van der Waals surface area contributed by atoms with Crippen LogP contribution in [-0.4, -0.2) is 65.4 Å². The van der Waals surface area contributed by atoms with E-state index in [-0.39, 0.29) is 29.7 Å². The van der Waals surface area contributed by atoms with Crippen LogP contribution >= 0.6 is 24.0 Å². The fourth-order valence-corrected chi connectivity index (χ4v) is 3.95. The third kappa shape index (κ3) is 5.89. The van der Waals surface area contributed by atoms with Crippen molar-refractivity contribution in [2.45, 2.75) is 11.3 Å². The van der Waals surface area contributed by atoms with E-state index >= 15 is 0 Å². The van der Waals surface area contributed by atoms with Crippen molar-refractivity contribution in [2.24, 2.45) is 10.9 Å². The number of aliphatic imine (C=N–C) groups is 1. The predicted octanol–water partition coefficient (Wildman–Crippen LogP) is 1.62. The first kappa shape index (κ1) is 21.2. The van der Waals surface area contributed by atoms with Gasteiger partial charge in [-0.25, -0.2) is 8.42 Å². The second-order valence-corrected chi connectivity index (χ2v) is 7.77. The van der Waals surface area contributed by atoms with E-state index in [2.05, 4.69) is 15.2 Å². The highest BCUT2D eigenvalue weighted by molar-refractivity contribution is 14.0. The maximum absolute atomic E-state index is 12.3. The number of ether oxygens (including phenoxy) is 1. The van der Waals surface area contributed by atoms with Gasteiger partial charge in [0.2, 0.25) is 0 Å². The lowest BCUT2D eigenvalue weighted by atomic mass is 10.1. The number of hydrogen-bond acceptors (Lipinski definition) is 4. The summed E-state index contributed by atoms with van der Waals surface area (Å²) in [6.45, 7) is 2.89. The number of nitrogens with zero attached hydrogens (tertiary/aromatic N) is 2. The van der Waals surface area contributed by atoms with Crippen molar-refractivity contribution in [3.63, 3.8) is 0 Å². The first-order valence-electron chi connectivity index (χ1n) is 7.79. The molecule has 1 saturated heterocycles. The van der Waals surface area contributed by atoms with E-state index in [4.69, 9.17) is 4.74 Å². The molecule has 1 aromatic rings. The third-order valence-corrected chi connectivity index (χ3v) is 5.69. The molecule has 0 aromatic heterocycles. The zero-order valence-electron chi connectivity index (χ0n) is 14.1. The lowest BCUT2D eigenvalue weighted by molar-refractivity contribution is 0.157. The molecule has 1 unspecified atom stereocenters. The topological polar surface area (TPSA) is 71.0 Å². The lowest BCUT2D eigenvalue weighted by Gasteiger charge is -2.21. The molecule has 24 heavy (non-hydrogen) atoms. The van der Waals surface area contributed by atoms with Gasteiger partial charge in [-0.15, -0.1) is 24.0 Å². The Morgan fingerprint density at radius 2 is 2.08 bits per heavy atom. The molecule has 1 N–H and O–H groups in total. The summed E-state index contributed by atoms with van der Waals surface area (Å²) in [5, 5.41) is 3.16. The van der Waals surface area contributed by atoms with Gasteiger partial charge in [0.05, 0.1) is 17.3 Å². The van der Waals surface area contributed by atoms with Crippen LogP contribution in [0.2, 0.25) is 0 Å². The summed E-state index contributed by atoms with van der Waals surface area (Å²) < 4.78 is 29.7. The number of likely N-dealkylation sites (tertiary alicyclic amines) is 1. The molecule has 0 aliphatic carbocycles. The van der Waals surface area contributed by atoms with E-state index in [1.807, 2.05) is 6.07 Å². The molecule has 1 aliphatic heterocycles. The van der Waals surface area contributed by atoms with Crippen molar-refractivity contribution in [1.82, 2.24) is 10.2 Å². The molecule has 6 nitrogen and oxygen atoms in total. The second-order valence-electron chi connectivity index (χ2n) is 5.66. The molecule has 1 aliphatic rings. The van der Waals surface area contributed by atoms with Crippen LogP contribution in [-0.2, 0) is 14.6 Å². The number of halogens is 1. The smallest absolute Gasteiger partial charge is 0.193 e. The average molecular weight is 467 g/mol. The number of nitrogens with one attached hydrogen (secondary N) is 1. The standard InChI is InChI=1S/C16H25N3O3S.HI/c1-17-16(19-10-8-14(12-19)13-22-2)18-9-11-23(20,21)15-6-4-3-5-7-15;/h3-7,14H,8-13H2,1-2H3,(H,17,18);1H. The monoisotopic (exact) mass is 467 g/mol. The highest BCUT2D eigenvalue weighted by Crippen LogP contribution is 2.16. The molecule has 2 rings (SSSR count). The first-order valence-corrected chi connectivity index (χ1v) is 9.44. The van der Waals surface area contributed by atoms with Gasteiger partial charge in [-0.1, -0.05) is 18.2 Å². The average Bonchev–Trinajstić information content (AvgIpc) is 3.01. The van der Waals surface area contributed by atoms with Crippen LogP contribution in [0.4, 0.5) is 0 Å². The molecular weight excluding hydrogens is 441 g/mol. The Morgan fingerprint density at radius 3 is 2.71 bits per heavy atom. The van der Waals surface area contributed by atoms with Gasteiger partial charge in [-0.3, -0.25) is 4.99 Å². The van der Waals surface area contributed by atoms with Gasteiger partial charge in [0, 0.05) is 39.7 Å². The van der Waals surface area contributed by atoms with Crippen molar-refractivity contribution in [1.29, 1.82) is 0 Å². The molecule has 8 heteroatoms. The molecule has 1 atom stereocenters. The third-order valence-electron chi connectivity index (χ3n) is 3.96. The molecule has 1 heterocycles. The summed E-state index contributed by atoms with van der Waals surface area (Å²) in [6, 6.07) is 8.53. The molecule has 0 bridgehead atoms. The van der Waals surface area contributed by atoms with Crippen molar-refractivity contribution in [3.8, 4) is 0 Å². The molecule has 1 fully saturated rings. The van der Waals surface area contributed by atoms with Crippen LogP contribution in [0.1, 0.15) is 6.42 Å². The quantitative estimate of drug-likeness (QED) is 0.391. The summed E-state index contributed by atoms with van der Waals surface area (Å²) in [4.78, 5) is 6.76. The van der Waals surface area contributed by atoms with E-state index in [1.165, 1.54) is 0 Å². The zero-order chi connectivity index (χ0) is 16.7. The van der Waals surface area contributed by atoms with Gasteiger partial charge < -0.3 is 15.0 Å². The molecule has 0 saturated carbocycles. The van der Waals surface area contributed by atoms with Gasteiger partial charge in [0.25, 0.3) is 0 Å². The maximum atomic E-state index is 12.3. The summed E-state index contributed by atoms with van der Waals surface area (Å²) in [5.74, 6) is 1.31. The van der Waals surface area contributed by atoms with Crippen molar-refractivity contribution >= 4 is 39.8 Å². The number of rotatable bonds is 6. The van der Waals surface area contributed by atoms with Gasteiger partial charge in [-0.2, -0.15) is 0 Å². The van der Waals surface area contributed by atoms with Crippen molar-refractivity contribution in [3.05, 3.63) is 30.3 Å². The Kier molecular flexibility index (Phi) is 8.99. The minimum absolute atomic E-state index is 0. The molecule has 0 spiro atoms. The number of guanidine groups is 1. The number of sulfone groups is 1. The van der Waals surface area contributed by atoms with Crippen LogP contribution in [0.5, 0.6) is 0 Å². The highest BCUT2D eigenvalue weighted by atomic mass is 127. The zero-order valence-corrected chi connectivity index (χ0v) is 17.3. The molecule has 1 aromatic carbocycles. The normalized spacial score (nSPS) is 18.3. The number of benzene rings is 1. The van der Waals surface area contributed by atoms with Crippen molar-refractivity contribution in [2.75, 3.05) is 46.2 Å². The van der Waals surface area contributed by atoms with Gasteiger partial charge >= 0.3 is 0 Å². The summed E-state index contributed by atoms with van der Waals surface area (Å²) in [7, 11) is 0.169. The minimum atomic E-state index is -3.26. The number of hydrogen-bond donors (Lipinski definition) is 1. The maximum Gasteiger partial charge on any atom is 0.193 e. The van der Waals surface area contributed by atoms with Crippen LogP contribution in [0.15, 0.2) is 40.2 Å². The Bertz CT molecular complexity index is 623. The molecule has 136 valence electrons. The first-order chi connectivity index (χ1) is 11.1. The van der Waals surface area contributed by atoms with E-state index < -0.39 is 9.84 Å². The molecule has 0 radical (unpaired) electrons. The minimum Gasteiger partial charge on any atom is -0.384 e. The summed E-state index contributed by atoms with van der Waals surface area (Å²) in [6.07, 6.45) is 1.07. The largest absolute Gasteiger partial charge is 0.384 e. The van der Waals surface area contributed by atoms with Gasteiger partial charge in [0.1, 0.15) is 0 Å². The van der Waals surface area contributed by atoms with Crippen LogP contribution < -0.4 is 5.32 Å². The van der Waals surface area contributed by atoms with E-state index in [1.54, 1.807) is 38.4 Å². The van der Waals surface area contributed by atoms with Crippen molar-refractivity contribution < 1.29 is 13.2 Å². The van der Waals surface area contributed by atoms with E-state index in [0.717, 1.165) is 32.1 Å². The molecular formula is C16H26IN3O3S. The van der Waals surface area contributed by atoms with Crippen LogP contribution in [0, 0.1) is 5.92 Å². The Hall–Kier alpha value is -0.870. The van der Waals surface area contributed by atoms with Gasteiger partial charge in [-0.05, 0) is 18.6 Å². The van der Waals surface area contributed by atoms with Crippen LogP contribution in [0.25, 0.3) is 0 Å². The highest BCUT2D eigenvalue weighted by Gasteiger charge is 2.25. The fourth-order valence-electron chi connectivity index (χ4n) is 2.77. The second kappa shape index (κ2) is 10.2. The Morgan fingerprint density at radius 1 is 1.38 bits per heavy atom. The Labute approximate surface area is 161 Å². The fraction of sp³-hybridized carbons (Fsp3) is 0.562. The predicted molar refractivity (Wildman–Crippen MR) is 107 cm³/mol. The lowest BCUT2D eigenvalue weighted by Crippen LogP contribution is -2.42. The van der Waals surface area contributed by atoms with E-state index in [0.29, 0.717) is 17.4 Å². The molecule has 0 amide bonds. The summed E-state index contributed by atoms with van der Waals surface area (Å²) >= 11 is 0. The Balaban J connectivity index is 0.00000288. The number of methoxy groups -OCH3 is 1. The van der Waals surface area contributed by atoms with Crippen LogP contribution in [0.3, 0.4) is 0 Å². The SMILES string of the molecule is CN=C(NCCS(=O)(=O)c1ccccc1)N1CCC(COC)C1.I. The van der Waals surface area contributed by atoms with Gasteiger partial charge in [0.15, 0.2) is 15.8 Å². The van der Waals surface area contributed by atoms with E-state index in [9.17, 15) is 8.42 Å².